The van der Waals surface area contributed by atoms with E-state index >= 15 is 0 Å². The third-order valence-electron chi connectivity index (χ3n) is 5.18. The number of fused-ring (bicyclic) bond motifs is 4. The smallest absolute Gasteiger partial charge is 0.263 e. The third-order valence-corrected chi connectivity index (χ3v) is 6.98. The molecule has 1 aliphatic heterocycles. The van der Waals surface area contributed by atoms with E-state index in [1.807, 2.05) is 0 Å². The minimum Gasteiger partial charge on any atom is -0.279 e. The van der Waals surface area contributed by atoms with Gasteiger partial charge in [0.05, 0.1) is 48.7 Å². The second-order valence-electron chi connectivity index (χ2n) is 6.84. The molecule has 2 amide bonds. The Balaban J connectivity index is 1.69. The van der Waals surface area contributed by atoms with Gasteiger partial charge >= 0.3 is 0 Å². The molecule has 1 aliphatic rings. The lowest BCUT2D eigenvalue weighted by atomic mass is 10.1. The summed E-state index contributed by atoms with van der Waals surface area (Å²) in [6.07, 6.45) is 0. The van der Waals surface area contributed by atoms with Crippen molar-refractivity contribution in [2.75, 3.05) is 0 Å². The summed E-state index contributed by atoms with van der Waals surface area (Å²) in [6, 6.07) is 6.90. The largest absolute Gasteiger partial charge is 0.279 e. The normalized spacial score (nSPS) is 13.6. The number of amides is 2. The third kappa shape index (κ3) is 2.66. The monoisotopic (exact) mass is 495 g/mol. The fourth-order valence-corrected chi connectivity index (χ4v) is 4.69. The van der Waals surface area contributed by atoms with Crippen molar-refractivity contribution in [3.8, 4) is 0 Å². The highest BCUT2D eigenvalue weighted by Gasteiger charge is 2.42. The molecule has 0 saturated carbocycles. The van der Waals surface area contributed by atoms with Crippen LogP contribution in [0.2, 0.25) is 20.1 Å². The lowest BCUT2D eigenvalue weighted by Gasteiger charge is -2.13. The lowest BCUT2D eigenvalue weighted by Crippen LogP contribution is -2.30. The van der Waals surface area contributed by atoms with Crippen molar-refractivity contribution in [1.29, 1.82) is 0 Å². The van der Waals surface area contributed by atoms with Gasteiger partial charge in [-0.3, -0.25) is 28.3 Å². The molecule has 31 heavy (non-hydrogen) atoms. The fourth-order valence-electron chi connectivity index (χ4n) is 3.67. The zero-order chi connectivity index (χ0) is 22.2. The van der Waals surface area contributed by atoms with Crippen LogP contribution in [0.3, 0.4) is 0 Å². The van der Waals surface area contributed by atoms with Crippen LogP contribution < -0.4 is 5.56 Å². The van der Waals surface area contributed by atoms with E-state index in [1.165, 1.54) is 4.57 Å². The number of carbonyl (C=O) groups excluding carboxylic acids is 2. The highest BCUT2D eigenvalue weighted by atomic mass is 35.5. The maximum atomic E-state index is 13.0. The molecule has 0 aliphatic carbocycles. The second-order valence-corrected chi connectivity index (χ2v) is 8.35. The fraction of sp³-hybridized carbons (Fsp3) is 0.105. The maximum absolute atomic E-state index is 13.0. The van der Waals surface area contributed by atoms with Gasteiger partial charge in [-0.1, -0.05) is 58.5 Å². The predicted molar refractivity (Wildman–Crippen MR) is 116 cm³/mol. The van der Waals surface area contributed by atoms with Gasteiger partial charge in [0.1, 0.15) is 0 Å². The molecule has 3 heterocycles. The Morgan fingerprint density at radius 3 is 2.03 bits per heavy atom. The maximum Gasteiger partial charge on any atom is 0.263 e. The zero-order valence-electron chi connectivity index (χ0n) is 15.5. The Hall–Kier alpha value is -2.65. The first kappa shape index (κ1) is 20.3. The molecule has 2 aromatic carbocycles. The summed E-state index contributed by atoms with van der Waals surface area (Å²) in [4.78, 5) is 39.6. The molecule has 0 unspecified atom stereocenters. The second kappa shape index (κ2) is 6.93. The Kier molecular flexibility index (Phi) is 4.53. The quantitative estimate of drug-likeness (QED) is 0.238. The van der Waals surface area contributed by atoms with Crippen LogP contribution >= 0.6 is 46.4 Å². The molecule has 0 fully saturated rings. The van der Waals surface area contributed by atoms with Gasteiger partial charge in [-0.05, 0) is 12.1 Å². The molecule has 2 aromatic heterocycles. The number of halogens is 4. The minimum absolute atomic E-state index is 0.107. The van der Waals surface area contributed by atoms with Crippen LogP contribution in [0.15, 0.2) is 29.1 Å². The zero-order valence-corrected chi connectivity index (χ0v) is 18.5. The van der Waals surface area contributed by atoms with Crippen LogP contribution in [0.5, 0.6) is 0 Å². The van der Waals surface area contributed by atoms with Gasteiger partial charge in [0.25, 0.3) is 17.4 Å². The highest BCUT2D eigenvalue weighted by molar-refractivity contribution is 6.55. The number of aryl methyl sites for hydroxylation is 1. The molecule has 0 bridgehead atoms. The van der Waals surface area contributed by atoms with E-state index in [0.717, 1.165) is 4.90 Å². The van der Waals surface area contributed by atoms with E-state index in [2.05, 4.69) is 10.2 Å². The number of aromatic nitrogens is 4. The number of rotatable bonds is 2. The first-order chi connectivity index (χ1) is 14.7. The Morgan fingerprint density at radius 1 is 0.839 bits per heavy atom. The number of nitrogens with zero attached hydrogens (tertiary/aromatic N) is 5. The van der Waals surface area contributed by atoms with Gasteiger partial charge < -0.3 is 0 Å². The van der Waals surface area contributed by atoms with Crippen molar-refractivity contribution in [3.63, 3.8) is 0 Å². The van der Waals surface area contributed by atoms with Crippen LogP contribution in [-0.4, -0.2) is 35.9 Å². The molecule has 12 heteroatoms. The van der Waals surface area contributed by atoms with Crippen molar-refractivity contribution in [2.45, 2.75) is 6.54 Å². The molecule has 0 atom stereocenters. The van der Waals surface area contributed by atoms with E-state index in [-0.39, 0.29) is 54.9 Å². The van der Waals surface area contributed by atoms with Gasteiger partial charge in [-0.15, -0.1) is 10.2 Å². The summed E-state index contributed by atoms with van der Waals surface area (Å²) < 4.78 is 2.96. The minimum atomic E-state index is -0.684. The van der Waals surface area contributed by atoms with Crippen LogP contribution in [-0.2, 0) is 13.6 Å². The standard InChI is InChI=1S/C19H9Cl4N5O3/c1-26-16(29)7-4-2-3-5-8(7)28-9(24-25-19(26)28)6-27-17(30)10-11(18(27)31)13(21)15(23)14(22)12(10)20/h2-5H,6H2,1H3. The molecule has 0 spiro atoms. The first-order valence-corrected chi connectivity index (χ1v) is 10.3. The summed E-state index contributed by atoms with van der Waals surface area (Å²) in [6.45, 7) is -0.238. The number of para-hydroxylation sites is 1. The van der Waals surface area contributed by atoms with Crippen LogP contribution in [0.25, 0.3) is 16.7 Å². The SMILES string of the molecule is Cn1c(=O)c2ccccc2n2c(CN3C(=O)c4c(Cl)c(Cl)c(Cl)c(Cl)c4C3=O)nnc12. The number of imide groups is 1. The summed E-state index contributed by atoms with van der Waals surface area (Å²) in [5.74, 6) is -0.842. The van der Waals surface area contributed by atoms with E-state index < -0.39 is 11.8 Å². The summed E-state index contributed by atoms with van der Waals surface area (Å²) >= 11 is 24.5. The average Bonchev–Trinajstić information content (AvgIpc) is 3.29. The summed E-state index contributed by atoms with van der Waals surface area (Å²) in [7, 11) is 1.56. The van der Waals surface area contributed by atoms with Crippen molar-refractivity contribution in [1.82, 2.24) is 24.1 Å². The van der Waals surface area contributed by atoms with Crippen LogP contribution in [0, 0.1) is 0 Å². The molecule has 156 valence electrons. The van der Waals surface area contributed by atoms with E-state index in [1.54, 1.807) is 35.7 Å². The van der Waals surface area contributed by atoms with Crippen molar-refractivity contribution >= 4 is 74.9 Å². The molecule has 0 radical (unpaired) electrons. The molecule has 5 rings (SSSR count). The molecular weight excluding hydrogens is 488 g/mol. The van der Waals surface area contributed by atoms with Gasteiger partial charge in [0, 0.05) is 7.05 Å². The summed E-state index contributed by atoms with van der Waals surface area (Å²) in [5, 5.41) is 8.10. The number of benzene rings is 2. The number of hydrogen-bond acceptors (Lipinski definition) is 5. The van der Waals surface area contributed by atoms with Crippen molar-refractivity contribution < 1.29 is 9.59 Å². The van der Waals surface area contributed by atoms with E-state index in [9.17, 15) is 14.4 Å². The van der Waals surface area contributed by atoms with Gasteiger partial charge in [0.2, 0.25) is 5.78 Å². The Morgan fingerprint density at radius 2 is 1.42 bits per heavy atom. The first-order valence-electron chi connectivity index (χ1n) is 8.78. The van der Waals surface area contributed by atoms with Gasteiger partial charge in [-0.2, -0.15) is 0 Å². The van der Waals surface area contributed by atoms with Gasteiger partial charge in [0.15, 0.2) is 5.82 Å². The molecule has 0 saturated heterocycles. The van der Waals surface area contributed by atoms with E-state index in [0.29, 0.717) is 10.9 Å². The molecule has 8 nitrogen and oxygen atoms in total. The van der Waals surface area contributed by atoms with Crippen LogP contribution in [0.1, 0.15) is 26.5 Å². The predicted octanol–water partition coefficient (Wildman–Crippen LogP) is 3.99. The Bertz CT molecular complexity index is 1490. The van der Waals surface area contributed by atoms with Crippen LogP contribution in [0.4, 0.5) is 0 Å². The molecular formula is C19H9Cl4N5O3. The number of carbonyl (C=O) groups is 2. The average molecular weight is 497 g/mol. The van der Waals surface area contributed by atoms with Crippen molar-refractivity contribution in [3.05, 3.63) is 71.7 Å². The van der Waals surface area contributed by atoms with Gasteiger partial charge in [-0.25, -0.2) is 0 Å². The number of hydrogen-bond donors (Lipinski definition) is 0. The lowest BCUT2D eigenvalue weighted by molar-refractivity contribution is 0.0638. The molecule has 4 aromatic rings. The van der Waals surface area contributed by atoms with E-state index in [4.69, 9.17) is 46.4 Å². The topological polar surface area (TPSA) is 89.6 Å². The Labute approximate surface area is 193 Å². The molecule has 0 N–H and O–H groups in total. The summed E-state index contributed by atoms with van der Waals surface area (Å²) in [5.41, 5.74) is 0.0688. The highest BCUT2D eigenvalue weighted by Crippen LogP contribution is 2.45. The van der Waals surface area contributed by atoms with Crippen molar-refractivity contribution in [2.24, 2.45) is 7.05 Å².